The standard InChI is InChI=1S/C24H24FN3/c1-16-3-9-19(10-4-16)22-23(20-11-5-17(2)6-12-20)28-24(27-22)26-15-18-7-13-21(25)14-8-18/h3-14,22-23H,15H2,1-2H3,(H2,26,27,28). The zero-order valence-corrected chi connectivity index (χ0v) is 16.1. The molecule has 0 saturated carbocycles. The molecule has 2 atom stereocenters. The van der Waals surface area contributed by atoms with Gasteiger partial charge in [0.05, 0.1) is 18.6 Å². The van der Waals surface area contributed by atoms with Crippen molar-refractivity contribution in [2.75, 3.05) is 0 Å². The van der Waals surface area contributed by atoms with Crippen molar-refractivity contribution in [3.63, 3.8) is 0 Å². The van der Waals surface area contributed by atoms with E-state index in [0.717, 1.165) is 11.5 Å². The number of benzene rings is 3. The Morgan fingerprint density at radius 2 is 1.18 bits per heavy atom. The van der Waals surface area contributed by atoms with Gasteiger partial charge in [-0.1, -0.05) is 71.8 Å². The van der Waals surface area contributed by atoms with Crippen LogP contribution in [0.5, 0.6) is 0 Å². The molecule has 0 radical (unpaired) electrons. The van der Waals surface area contributed by atoms with E-state index in [4.69, 9.17) is 0 Å². The van der Waals surface area contributed by atoms with Gasteiger partial charge in [-0.05, 0) is 42.7 Å². The number of hydrogen-bond donors (Lipinski definition) is 2. The van der Waals surface area contributed by atoms with Crippen LogP contribution >= 0.6 is 0 Å². The van der Waals surface area contributed by atoms with E-state index in [2.05, 4.69) is 78.0 Å². The third-order valence-corrected chi connectivity index (χ3v) is 5.12. The van der Waals surface area contributed by atoms with Crippen LogP contribution in [0.25, 0.3) is 0 Å². The SMILES string of the molecule is Cc1ccc(C2NC(=NCc3ccc(F)cc3)NC2c2ccc(C)cc2)cc1. The number of halogens is 1. The molecule has 0 aromatic heterocycles. The predicted molar refractivity (Wildman–Crippen MR) is 112 cm³/mol. The van der Waals surface area contributed by atoms with Gasteiger partial charge < -0.3 is 10.6 Å². The molecule has 0 spiro atoms. The fourth-order valence-electron chi connectivity index (χ4n) is 3.45. The molecule has 4 rings (SSSR count). The molecule has 3 aromatic carbocycles. The first-order chi connectivity index (χ1) is 13.6. The summed E-state index contributed by atoms with van der Waals surface area (Å²) in [6.07, 6.45) is 0. The van der Waals surface area contributed by atoms with Crippen LogP contribution in [0.4, 0.5) is 4.39 Å². The Bertz CT molecular complexity index is 905. The second kappa shape index (κ2) is 7.85. The van der Waals surface area contributed by atoms with Crippen LogP contribution in [0.2, 0.25) is 0 Å². The van der Waals surface area contributed by atoms with Gasteiger partial charge in [-0.25, -0.2) is 9.38 Å². The Kier molecular flexibility index (Phi) is 5.11. The summed E-state index contributed by atoms with van der Waals surface area (Å²) in [6, 6.07) is 23.9. The lowest BCUT2D eigenvalue weighted by molar-refractivity contribution is 0.553. The highest BCUT2D eigenvalue weighted by molar-refractivity contribution is 5.83. The van der Waals surface area contributed by atoms with Gasteiger partial charge in [-0.2, -0.15) is 0 Å². The third kappa shape index (κ3) is 4.06. The van der Waals surface area contributed by atoms with Gasteiger partial charge in [0.2, 0.25) is 0 Å². The van der Waals surface area contributed by atoms with Crippen molar-refractivity contribution in [1.82, 2.24) is 10.6 Å². The second-order valence-corrected chi connectivity index (χ2v) is 7.36. The number of aryl methyl sites for hydroxylation is 2. The molecule has 3 nitrogen and oxygen atoms in total. The monoisotopic (exact) mass is 373 g/mol. The van der Waals surface area contributed by atoms with Gasteiger partial charge >= 0.3 is 0 Å². The van der Waals surface area contributed by atoms with Crippen LogP contribution in [0.15, 0.2) is 77.8 Å². The summed E-state index contributed by atoms with van der Waals surface area (Å²) in [6.45, 7) is 4.69. The van der Waals surface area contributed by atoms with E-state index in [1.807, 2.05) is 0 Å². The number of nitrogens with one attached hydrogen (secondary N) is 2. The summed E-state index contributed by atoms with van der Waals surface area (Å²) in [4.78, 5) is 4.68. The maximum Gasteiger partial charge on any atom is 0.192 e. The molecule has 2 N–H and O–H groups in total. The van der Waals surface area contributed by atoms with Crippen LogP contribution in [-0.4, -0.2) is 5.96 Å². The van der Waals surface area contributed by atoms with Crippen molar-refractivity contribution in [3.05, 3.63) is 106 Å². The minimum atomic E-state index is -0.229. The molecule has 4 heteroatoms. The Morgan fingerprint density at radius 1 is 0.714 bits per heavy atom. The van der Waals surface area contributed by atoms with Gasteiger partial charge in [0, 0.05) is 0 Å². The number of aliphatic imine (C=N–C) groups is 1. The zero-order valence-electron chi connectivity index (χ0n) is 16.1. The van der Waals surface area contributed by atoms with E-state index in [1.54, 1.807) is 12.1 Å². The van der Waals surface area contributed by atoms with Gasteiger partial charge in [0.1, 0.15) is 5.82 Å². The topological polar surface area (TPSA) is 36.4 Å². The van der Waals surface area contributed by atoms with E-state index in [0.29, 0.717) is 6.54 Å². The Morgan fingerprint density at radius 3 is 1.64 bits per heavy atom. The molecule has 0 bridgehead atoms. The average Bonchev–Trinajstić information content (AvgIpc) is 3.13. The first-order valence-corrected chi connectivity index (χ1v) is 9.53. The predicted octanol–water partition coefficient (Wildman–Crippen LogP) is 4.97. The van der Waals surface area contributed by atoms with E-state index in [1.165, 1.54) is 34.4 Å². The molecule has 2 unspecified atom stereocenters. The Hall–Kier alpha value is -3.14. The number of guanidine groups is 1. The zero-order chi connectivity index (χ0) is 19.5. The first kappa shape index (κ1) is 18.2. The Balaban J connectivity index is 1.60. The number of nitrogens with zero attached hydrogens (tertiary/aromatic N) is 1. The fourth-order valence-corrected chi connectivity index (χ4v) is 3.45. The van der Waals surface area contributed by atoms with Crippen molar-refractivity contribution in [2.45, 2.75) is 32.5 Å². The van der Waals surface area contributed by atoms with Crippen LogP contribution < -0.4 is 10.6 Å². The highest BCUT2D eigenvalue weighted by Crippen LogP contribution is 2.32. The lowest BCUT2D eigenvalue weighted by atomic mass is 9.94. The third-order valence-electron chi connectivity index (χ3n) is 5.12. The fraction of sp³-hybridized carbons (Fsp3) is 0.208. The molecule has 1 fully saturated rings. The van der Waals surface area contributed by atoms with Gasteiger partial charge in [0.15, 0.2) is 5.96 Å². The summed E-state index contributed by atoms with van der Waals surface area (Å²) < 4.78 is 13.1. The lowest BCUT2D eigenvalue weighted by Crippen LogP contribution is -2.25. The minimum Gasteiger partial charge on any atom is -0.347 e. The van der Waals surface area contributed by atoms with Crippen LogP contribution in [-0.2, 0) is 6.54 Å². The van der Waals surface area contributed by atoms with Gasteiger partial charge in [0.25, 0.3) is 0 Å². The molecule has 142 valence electrons. The van der Waals surface area contributed by atoms with E-state index < -0.39 is 0 Å². The molecule has 0 aliphatic carbocycles. The normalized spacial score (nSPS) is 18.5. The summed E-state index contributed by atoms with van der Waals surface area (Å²) in [7, 11) is 0. The summed E-state index contributed by atoms with van der Waals surface area (Å²) in [5.41, 5.74) is 5.90. The lowest BCUT2D eigenvalue weighted by Gasteiger charge is -2.20. The molecular formula is C24H24FN3. The van der Waals surface area contributed by atoms with Crippen LogP contribution in [0.3, 0.4) is 0 Å². The second-order valence-electron chi connectivity index (χ2n) is 7.36. The summed E-state index contributed by atoms with van der Waals surface area (Å²) in [5.74, 6) is 0.535. The molecule has 1 saturated heterocycles. The maximum atomic E-state index is 13.1. The Labute approximate surface area is 165 Å². The molecule has 1 aliphatic heterocycles. The average molecular weight is 373 g/mol. The van der Waals surface area contributed by atoms with Crippen molar-refractivity contribution in [1.29, 1.82) is 0 Å². The number of hydrogen-bond acceptors (Lipinski definition) is 1. The highest BCUT2D eigenvalue weighted by atomic mass is 19.1. The molecule has 3 aromatic rings. The molecule has 28 heavy (non-hydrogen) atoms. The molecule has 1 heterocycles. The van der Waals surface area contributed by atoms with Crippen molar-refractivity contribution in [2.24, 2.45) is 4.99 Å². The van der Waals surface area contributed by atoms with Crippen molar-refractivity contribution in [3.8, 4) is 0 Å². The van der Waals surface area contributed by atoms with Crippen molar-refractivity contribution < 1.29 is 4.39 Å². The van der Waals surface area contributed by atoms with Crippen LogP contribution in [0.1, 0.15) is 39.9 Å². The minimum absolute atomic E-state index is 0.0928. The van der Waals surface area contributed by atoms with Crippen LogP contribution in [0, 0.1) is 19.7 Å². The first-order valence-electron chi connectivity index (χ1n) is 9.53. The van der Waals surface area contributed by atoms with E-state index in [9.17, 15) is 4.39 Å². The molecule has 0 amide bonds. The van der Waals surface area contributed by atoms with E-state index in [-0.39, 0.29) is 17.9 Å². The molecule has 1 aliphatic rings. The highest BCUT2D eigenvalue weighted by Gasteiger charge is 2.32. The van der Waals surface area contributed by atoms with E-state index >= 15 is 0 Å². The quantitative estimate of drug-likeness (QED) is 0.677. The van der Waals surface area contributed by atoms with Gasteiger partial charge in [-0.3, -0.25) is 0 Å². The van der Waals surface area contributed by atoms with Gasteiger partial charge in [-0.15, -0.1) is 0 Å². The smallest absolute Gasteiger partial charge is 0.192 e. The number of rotatable bonds is 4. The maximum absolute atomic E-state index is 13.1. The largest absolute Gasteiger partial charge is 0.347 e. The summed E-state index contributed by atoms with van der Waals surface area (Å²) in [5, 5.41) is 7.07. The summed E-state index contributed by atoms with van der Waals surface area (Å²) >= 11 is 0. The molecular weight excluding hydrogens is 349 g/mol. The van der Waals surface area contributed by atoms with Crippen molar-refractivity contribution >= 4 is 5.96 Å².